The Labute approximate surface area is 244 Å². The second-order valence-corrected chi connectivity index (χ2v) is 12.6. The number of nitrogens with zero attached hydrogens (tertiary/aromatic N) is 3. The van der Waals surface area contributed by atoms with E-state index in [-0.39, 0.29) is 37.7 Å². The van der Waals surface area contributed by atoms with Crippen molar-refractivity contribution in [2.45, 2.75) is 25.3 Å². The van der Waals surface area contributed by atoms with Crippen LogP contribution in [0.1, 0.15) is 13.8 Å². The molecule has 210 valence electrons. The summed E-state index contributed by atoms with van der Waals surface area (Å²) in [7, 11) is 1.29. The Morgan fingerprint density at radius 1 is 1.18 bits per heavy atom. The molecule has 0 atom stereocenters. The number of amides is 1. The van der Waals surface area contributed by atoms with Crippen molar-refractivity contribution in [2.75, 3.05) is 25.3 Å². The molecule has 5 rings (SSSR count). The number of carbonyl (C=O) groups is 3. The van der Waals surface area contributed by atoms with Gasteiger partial charge in [0.1, 0.15) is 22.7 Å². The van der Waals surface area contributed by atoms with Crippen LogP contribution >= 0.6 is 47.1 Å². The Morgan fingerprint density at radius 2 is 1.88 bits per heavy atom. The Balaban J connectivity index is 1.73. The van der Waals surface area contributed by atoms with Gasteiger partial charge in [-0.05, 0) is 41.5 Å². The minimum Gasteiger partial charge on any atom is -0.480 e. The van der Waals surface area contributed by atoms with Crippen LogP contribution in [-0.4, -0.2) is 62.6 Å². The van der Waals surface area contributed by atoms with Crippen LogP contribution < -0.4 is 29.1 Å². The van der Waals surface area contributed by atoms with E-state index in [9.17, 15) is 29.5 Å². The Kier molecular flexibility index (Phi) is 7.71. The molecule has 4 heterocycles. The SMILES string of the molecule is COC(=O)CN1/C(=C/C(=c2/s/c(=C3\SC(=S)N(O)C3=O)n(CC(=O)O)c2=O)C(C)C)Sc2cc3c(cc21)OCO3. The average molecular weight is 624 g/mol. The van der Waals surface area contributed by atoms with Gasteiger partial charge in [-0.2, -0.15) is 5.06 Å². The van der Waals surface area contributed by atoms with Crippen molar-refractivity contribution >= 4 is 85.4 Å². The number of hydroxylamine groups is 2. The van der Waals surface area contributed by atoms with Crippen molar-refractivity contribution in [1.29, 1.82) is 0 Å². The van der Waals surface area contributed by atoms with Crippen molar-refractivity contribution in [1.82, 2.24) is 9.63 Å². The van der Waals surface area contributed by atoms with Gasteiger partial charge in [0.05, 0.1) is 22.4 Å². The molecule has 1 fully saturated rings. The summed E-state index contributed by atoms with van der Waals surface area (Å²) >= 11 is 8.09. The lowest BCUT2D eigenvalue weighted by molar-refractivity contribution is -0.140. The molecule has 1 saturated heterocycles. The number of thiocarbonyl (C=S) groups is 1. The highest BCUT2D eigenvalue weighted by Crippen LogP contribution is 2.51. The van der Waals surface area contributed by atoms with Crippen molar-refractivity contribution in [3.63, 3.8) is 0 Å². The van der Waals surface area contributed by atoms with E-state index >= 15 is 0 Å². The number of aromatic nitrogens is 1. The molecule has 0 bridgehead atoms. The summed E-state index contributed by atoms with van der Waals surface area (Å²) < 4.78 is 17.1. The van der Waals surface area contributed by atoms with E-state index in [4.69, 9.17) is 26.4 Å². The zero-order chi connectivity index (χ0) is 28.9. The summed E-state index contributed by atoms with van der Waals surface area (Å²) in [6.07, 6.45) is 1.77. The minimum atomic E-state index is -1.28. The first kappa shape index (κ1) is 28.2. The van der Waals surface area contributed by atoms with Crippen molar-refractivity contribution in [3.05, 3.63) is 42.8 Å². The molecule has 0 aliphatic carbocycles. The molecule has 40 heavy (non-hydrogen) atoms. The smallest absolute Gasteiger partial charge is 0.325 e. The number of fused-ring (bicyclic) bond motifs is 2. The summed E-state index contributed by atoms with van der Waals surface area (Å²) in [4.78, 5) is 52.7. The maximum Gasteiger partial charge on any atom is 0.325 e. The lowest BCUT2D eigenvalue weighted by atomic mass is 10.0. The number of carboxylic acid groups (broad SMARTS) is 1. The van der Waals surface area contributed by atoms with Crippen molar-refractivity contribution < 1.29 is 38.9 Å². The third-order valence-corrected chi connectivity index (χ3v) is 9.82. The maximum atomic E-state index is 13.6. The monoisotopic (exact) mass is 623 g/mol. The van der Waals surface area contributed by atoms with Crippen molar-refractivity contribution in [2.24, 2.45) is 5.92 Å². The third-order valence-electron chi connectivity index (χ3n) is 6.02. The van der Waals surface area contributed by atoms with Gasteiger partial charge in [-0.3, -0.25) is 29.0 Å². The molecule has 0 spiro atoms. The normalized spacial score (nSPS) is 19.2. The number of benzene rings is 1. The highest BCUT2D eigenvalue weighted by molar-refractivity contribution is 8.30. The highest BCUT2D eigenvalue weighted by atomic mass is 32.2. The summed E-state index contributed by atoms with van der Waals surface area (Å²) in [5, 5.41) is 20.3. The van der Waals surface area contributed by atoms with Crippen molar-refractivity contribution in [3.8, 4) is 11.5 Å². The third kappa shape index (κ3) is 5.01. The second-order valence-electron chi connectivity index (χ2n) is 8.87. The average Bonchev–Trinajstić information content (AvgIpc) is 3.64. The molecule has 3 aliphatic heterocycles. The minimum absolute atomic E-state index is 0.0395. The molecule has 16 heteroatoms. The number of ether oxygens (including phenoxy) is 3. The zero-order valence-electron chi connectivity index (χ0n) is 21.2. The summed E-state index contributed by atoms with van der Waals surface area (Å²) in [6.45, 7) is 3.03. The number of thioether (sulfide) groups is 2. The van der Waals surface area contributed by atoms with E-state index in [1.165, 1.54) is 18.9 Å². The van der Waals surface area contributed by atoms with Gasteiger partial charge >= 0.3 is 11.9 Å². The number of rotatable bonds is 6. The molecule has 0 unspecified atom stereocenters. The van der Waals surface area contributed by atoms with Gasteiger partial charge in [-0.1, -0.05) is 25.6 Å². The number of methoxy groups -OCH3 is 1. The second kappa shape index (κ2) is 10.9. The van der Waals surface area contributed by atoms with Gasteiger partial charge in [0, 0.05) is 17.0 Å². The molecule has 2 aromatic rings. The number of hydrogen-bond donors (Lipinski definition) is 2. The quantitative estimate of drug-likeness (QED) is 0.272. The summed E-state index contributed by atoms with van der Waals surface area (Å²) in [5.41, 5.74) is 0.654. The molecule has 1 amide bonds. The molecule has 1 aromatic carbocycles. The lowest BCUT2D eigenvalue weighted by Crippen LogP contribution is -2.36. The largest absolute Gasteiger partial charge is 0.480 e. The maximum absolute atomic E-state index is 13.6. The Bertz CT molecular complexity index is 1690. The molecule has 12 nitrogen and oxygen atoms in total. The van der Waals surface area contributed by atoms with E-state index < -0.39 is 29.9 Å². The van der Waals surface area contributed by atoms with Gasteiger partial charge in [0.15, 0.2) is 15.8 Å². The lowest BCUT2D eigenvalue weighted by Gasteiger charge is -2.20. The number of thiazole rings is 1. The van der Waals surface area contributed by atoms with E-state index in [2.05, 4.69) is 0 Å². The predicted molar refractivity (Wildman–Crippen MR) is 152 cm³/mol. The molecule has 1 aromatic heterocycles. The van der Waals surface area contributed by atoms with E-state index in [1.54, 1.807) is 17.0 Å². The number of carbonyl (C=O) groups excluding carboxylic acids is 2. The van der Waals surface area contributed by atoms with Crippen LogP contribution in [0.25, 0.3) is 10.5 Å². The number of hydrogen-bond acceptors (Lipinski definition) is 13. The molecular formula is C24H21N3O9S4. The van der Waals surface area contributed by atoms with Crippen LogP contribution in [0, 0.1) is 5.92 Å². The number of anilines is 1. The Morgan fingerprint density at radius 3 is 2.48 bits per heavy atom. The summed E-state index contributed by atoms with van der Waals surface area (Å²) in [5.74, 6) is -1.71. The zero-order valence-corrected chi connectivity index (χ0v) is 24.4. The number of carboxylic acids is 1. The topological polar surface area (TPSA) is 148 Å². The van der Waals surface area contributed by atoms with Gasteiger partial charge < -0.3 is 24.2 Å². The Hall–Kier alpha value is -3.31. The first-order chi connectivity index (χ1) is 19.0. The molecule has 2 N–H and O–H groups in total. The fourth-order valence-corrected chi connectivity index (χ4v) is 7.78. The van der Waals surface area contributed by atoms with E-state index in [0.29, 0.717) is 32.9 Å². The molecule has 0 radical (unpaired) electrons. The van der Waals surface area contributed by atoms with Gasteiger partial charge in [-0.15, -0.1) is 11.3 Å². The number of allylic oxidation sites excluding steroid dienone is 1. The standard InChI is InChI=1S/C24H21N3O9S4/c1-10(2)11(19-21(31)26(7-17(28)29)23(39-19)20-22(32)27(33)24(37)40-20)4-16-25(8-18(30)34-3)12-5-13-14(36-9-35-13)6-15(12)38-16/h4-6,10,33H,7-9H2,1-3H3,(H,28,29)/b16-4-,19-11-,23-20-. The van der Waals surface area contributed by atoms with Crippen LogP contribution in [0.2, 0.25) is 0 Å². The van der Waals surface area contributed by atoms with E-state index in [1.807, 2.05) is 19.9 Å². The van der Waals surface area contributed by atoms with Crippen LogP contribution in [-0.2, 0) is 25.7 Å². The van der Waals surface area contributed by atoms with Crippen LogP contribution in [0.5, 0.6) is 11.5 Å². The molecular weight excluding hydrogens is 603 g/mol. The first-order valence-electron chi connectivity index (χ1n) is 11.6. The molecule has 3 aliphatic rings. The fraction of sp³-hybridized carbons (Fsp3) is 0.292. The van der Waals surface area contributed by atoms with Crippen LogP contribution in [0.15, 0.2) is 32.9 Å². The predicted octanol–water partition coefficient (Wildman–Crippen LogP) is 1.51. The van der Waals surface area contributed by atoms with Crippen LogP contribution in [0.3, 0.4) is 0 Å². The number of esters is 1. The van der Waals surface area contributed by atoms with Gasteiger partial charge in [-0.25, -0.2) is 0 Å². The fourth-order valence-electron chi connectivity index (χ4n) is 4.11. The first-order valence-corrected chi connectivity index (χ1v) is 14.5. The van der Waals surface area contributed by atoms with Gasteiger partial charge in [0.2, 0.25) is 6.79 Å². The van der Waals surface area contributed by atoms with Gasteiger partial charge in [0.25, 0.3) is 11.5 Å². The summed E-state index contributed by atoms with van der Waals surface area (Å²) in [6, 6.07) is 3.59. The highest BCUT2D eigenvalue weighted by Gasteiger charge is 2.34. The molecule has 0 saturated carbocycles. The van der Waals surface area contributed by atoms with E-state index in [0.717, 1.165) is 32.6 Å². The van der Waals surface area contributed by atoms with Crippen LogP contribution in [0.4, 0.5) is 5.69 Å². The number of aliphatic carboxylic acids is 1.